The summed E-state index contributed by atoms with van der Waals surface area (Å²) in [7, 11) is 1.64. The van der Waals surface area contributed by atoms with Crippen LogP contribution in [0.3, 0.4) is 0 Å². The van der Waals surface area contributed by atoms with Crippen LogP contribution in [0.4, 0.5) is 0 Å². The molecule has 0 fully saturated rings. The molecule has 2 aromatic rings. The topological polar surface area (TPSA) is 68.2 Å². The van der Waals surface area contributed by atoms with Gasteiger partial charge >= 0.3 is 0 Å². The zero-order valence-corrected chi connectivity index (χ0v) is 13.9. The second-order valence-corrected chi connectivity index (χ2v) is 5.44. The third-order valence-corrected chi connectivity index (χ3v) is 3.52. The second-order valence-electron chi connectivity index (χ2n) is 5.44. The Morgan fingerprint density at radius 3 is 2.74 bits per heavy atom. The first kappa shape index (κ1) is 17.0. The number of nitrogens with one attached hydrogen (secondary N) is 2. The molecule has 0 spiro atoms. The summed E-state index contributed by atoms with van der Waals surface area (Å²) in [6, 6.07) is 8.04. The van der Waals surface area contributed by atoms with Crippen LogP contribution in [0, 0.1) is 0 Å². The largest absolute Gasteiger partial charge is 0.497 e. The summed E-state index contributed by atoms with van der Waals surface area (Å²) in [6.45, 7) is 6.18. The number of carbonyl (C=O) groups is 1. The molecule has 1 aromatic carbocycles. The Morgan fingerprint density at radius 1 is 1.35 bits per heavy atom. The number of benzene rings is 1. The molecule has 6 heteroatoms. The molecule has 6 nitrogen and oxygen atoms in total. The predicted octanol–water partition coefficient (Wildman–Crippen LogP) is 1.67. The monoisotopic (exact) mass is 316 g/mol. The fourth-order valence-electron chi connectivity index (χ4n) is 2.25. The molecule has 0 aliphatic heterocycles. The zero-order chi connectivity index (χ0) is 16.7. The molecular formula is C17H24N4O2. The zero-order valence-electron chi connectivity index (χ0n) is 13.9. The molecule has 1 heterocycles. The van der Waals surface area contributed by atoms with Gasteiger partial charge in [-0.2, -0.15) is 5.10 Å². The van der Waals surface area contributed by atoms with Crippen LogP contribution in [0.1, 0.15) is 29.8 Å². The van der Waals surface area contributed by atoms with Crippen molar-refractivity contribution in [3.05, 3.63) is 47.8 Å². The smallest absolute Gasteiger partial charge is 0.254 e. The highest BCUT2D eigenvalue weighted by Gasteiger charge is 2.10. The van der Waals surface area contributed by atoms with Gasteiger partial charge in [0.15, 0.2) is 0 Å². The van der Waals surface area contributed by atoms with Gasteiger partial charge in [-0.15, -0.1) is 0 Å². The van der Waals surface area contributed by atoms with Crippen molar-refractivity contribution < 1.29 is 9.53 Å². The number of rotatable bonds is 8. The van der Waals surface area contributed by atoms with Gasteiger partial charge in [-0.3, -0.25) is 9.48 Å². The van der Waals surface area contributed by atoms with E-state index in [-0.39, 0.29) is 11.9 Å². The molecule has 0 saturated heterocycles. The summed E-state index contributed by atoms with van der Waals surface area (Å²) in [4.78, 5) is 12.1. The Morgan fingerprint density at radius 2 is 2.09 bits per heavy atom. The van der Waals surface area contributed by atoms with Crippen LogP contribution in [0.15, 0.2) is 36.7 Å². The van der Waals surface area contributed by atoms with Crippen molar-refractivity contribution in [2.75, 3.05) is 20.2 Å². The van der Waals surface area contributed by atoms with Gasteiger partial charge in [0.2, 0.25) is 0 Å². The highest BCUT2D eigenvalue weighted by atomic mass is 16.5. The molecule has 2 N–H and O–H groups in total. The minimum atomic E-state index is -0.101. The van der Waals surface area contributed by atoms with Gasteiger partial charge in [0, 0.05) is 18.8 Å². The van der Waals surface area contributed by atoms with E-state index in [1.54, 1.807) is 24.2 Å². The lowest BCUT2D eigenvalue weighted by molar-refractivity contribution is 0.0950. The fraction of sp³-hybridized carbons (Fsp3) is 0.412. The van der Waals surface area contributed by atoms with E-state index in [0.717, 1.165) is 17.9 Å². The minimum absolute atomic E-state index is 0.101. The summed E-state index contributed by atoms with van der Waals surface area (Å²) >= 11 is 0. The maximum absolute atomic E-state index is 12.1. The van der Waals surface area contributed by atoms with Crippen LogP contribution >= 0.6 is 0 Å². The van der Waals surface area contributed by atoms with E-state index in [9.17, 15) is 4.79 Å². The SMILES string of the molecule is CCN[C@H](C)CNC(=O)c1cnn(Cc2ccc(OC)cc2)c1. The first-order valence-electron chi connectivity index (χ1n) is 7.79. The lowest BCUT2D eigenvalue weighted by atomic mass is 10.2. The summed E-state index contributed by atoms with van der Waals surface area (Å²) in [6.07, 6.45) is 3.36. The van der Waals surface area contributed by atoms with Crippen molar-refractivity contribution in [2.45, 2.75) is 26.4 Å². The van der Waals surface area contributed by atoms with Gasteiger partial charge in [0.1, 0.15) is 5.75 Å². The molecule has 0 aliphatic rings. The predicted molar refractivity (Wildman–Crippen MR) is 89.8 cm³/mol. The molecule has 0 radical (unpaired) electrons. The fourth-order valence-corrected chi connectivity index (χ4v) is 2.25. The number of ether oxygens (including phenoxy) is 1. The molecule has 0 unspecified atom stereocenters. The van der Waals surface area contributed by atoms with Crippen LogP contribution < -0.4 is 15.4 Å². The number of hydrogen-bond donors (Lipinski definition) is 2. The summed E-state index contributed by atoms with van der Waals surface area (Å²) in [5.74, 6) is 0.722. The van der Waals surface area contributed by atoms with Crippen LogP contribution in [0.5, 0.6) is 5.75 Å². The maximum Gasteiger partial charge on any atom is 0.254 e. The Labute approximate surface area is 136 Å². The number of methoxy groups -OCH3 is 1. The van der Waals surface area contributed by atoms with Crippen LogP contribution in [0.2, 0.25) is 0 Å². The summed E-state index contributed by atoms with van der Waals surface area (Å²) < 4.78 is 6.89. The van der Waals surface area contributed by atoms with Gasteiger partial charge in [-0.05, 0) is 31.2 Å². The lowest BCUT2D eigenvalue weighted by Crippen LogP contribution is -2.38. The van der Waals surface area contributed by atoms with Crippen molar-refractivity contribution >= 4 is 5.91 Å². The molecule has 1 amide bonds. The van der Waals surface area contributed by atoms with Crippen LogP contribution in [0.25, 0.3) is 0 Å². The van der Waals surface area contributed by atoms with E-state index >= 15 is 0 Å². The van der Waals surface area contributed by atoms with Gasteiger partial charge in [-0.1, -0.05) is 19.1 Å². The van der Waals surface area contributed by atoms with E-state index < -0.39 is 0 Å². The Bertz CT molecular complexity index is 622. The standard InChI is InChI=1S/C17H24N4O2/c1-4-18-13(2)9-19-17(22)15-10-20-21(12-15)11-14-5-7-16(23-3)8-6-14/h5-8,10,12-13,18H,4,9,11H2,1-3H3,(H,19,22)/t13-/m1/s1. The molecule has 1 atom stereocenters. The number of carbonyl (C=O) groups excluding carboxylic acids is 1. The first-order valence-corrected chi connectivity index (χ1v) is 7.79. The van der Waals surface area contributed by atoms with Gasteiger partial charge in [-0.25, -0.2) is 0 Å². The van der Waals surface area contributed by atoms with Gasteiger partial charge in [0.05, 0.1) is 25.4 Å². The van der Waals surface area contributed by atoms with E-state index in [0.29, 0.717) is 18.7 Å². The molecule has 124 valence electrons. The molecule has 0 bridgehead atoms. The molecular weight excluding hydrogens is 292 g/mol. The lowest BCUT2D eigenvalue weighted by Gasteiger charge is -2.12. The van der Waals surface area contributed by atoms with E-state index in [4.69, 9.17) is 4.74 Å². The van der Waals surface area contributed by atoms with Crippen molar-refractivity contribution in [1.82, 2.24) is 20.4 Å². The van der Waals surface area contributed by atoms with Crippen LogP contribution in [-0.2, 0) is 6.54 Å². The van der Waals surface area contributed by atoms with Gasteiger partial charge in [0.25, 0.3) is 5.91 Å². The third kappa shape index (κ3) is 5.10. The third-order valence-electron chi connectivity index (χ3n) is 3.52. The molecule has 23 heavy (non-hydrogen) atoms. The Hall–Kier alpha value is -2.34. The van der Waals surface area contributed by atoms with Crippen LogP contribution in [-0.4, -0.2) is 41.9 Å². The van der Waals surface area contributed by atoms with Crippen molar-refractivity contribution in [2.24, 2.45) is 0 Å². The molecule has 2 rings (SSSR count). The normalized spacial score (nSPS) is 12.0. The minimum Gasteiger partial charge on any atom is -0.497 e. The Balaban J connectivity index is 1.90. The average molecular weight is 316 g/mol. The first-order chi connectivity index (χ1) is 11.1. The summed E-state index contributed by atoms with van der Waals surface area (Å²) in [5.41, 5.74) is 1.67. The number of aromatic nitrogens is 2. The highest BCUT2D eigenvalue weighted by molar-refractivity contribution is 5.93. The van der Waals surface area contributed by atoms with Crippen molar-refractivity contribution in [3.63, 3.8) is 0 Å². The molecule has 0 aliphatic carbocycles. The van der Waals surface area contributed by atoms with E-state index in [1.807, 2.05) is 38.1 Å². The van der Waals surface area contributed by atoms with Gasteiger partial charge < -0.3 is 15.4 Å². The Kier molecular flexibility index (Phi) is 6.17. The number of likely N-dealkylation sites (N-methyl/N-ethyl adjacent to an activating group) is 1. The average Bonchev–Trinajstić information content (AvgIpc) is 3.02. The quantitative estimate of drug-likeness (QED) is 0.777. The second kappa shape index (κ2) is 8.33. The number of hydrogen-bond acceptors (Lipinski definition) is 4. The van der Waals surface area contributed by atoms with E-state index in [1.165, 1.54) is 0 Å². The molecule has 1 aromatic heterocycles. The number of nitrogens with zero attached hydrogens (tertiary/aromatic N) is 2. The molecule has 0 saturated carbocycles. The number of amides is 1. The summed E-state index contributed by atoms with van der Waals surface area (Å²) in [5, 5.41) is 10.4. The van der Waals surface area contributed by atoms with E-state index in [2.05, 4.69) is 15.7 Å². The van der Waals surface area contributed by atoms with Crippen molar-refractivity contribution in [3.8, 4) is 5.75 Å². The highest BCUT2D eigenvalue weighted by Crippen LogP contribution is 2.12. The van der Waals surface area contributed by atoms with Crippen molar-refractivity contribution in [1.29, 1.82) is 0 Å². The maximum atomic E-state index is 12.1.